The molecule has 0 aromatic carbocycles. The van der Waals surface area contributed by atoms with Gasteiger partial charge in [-0.3, -0.25) is 4.79 Å². The van der Waals surface area contributed by atoms with E-state index in [4.69, 9.17) is 5.73 Å². The van der Waals surface area contributed by atoms with E-state index >= 15 is 0 Å². The summed E-state index contributed by atoms with van der Waals surface area (Å²) in [6.45, 7) is 7.14. The lowest BCUT2D eigenvalue weighted by molar-refractivity contribution is -0.122. The van der Waals surface area contributed by atoms with Crippen molar-refractivity contribution in [2.45, 2.75) is 46.1 Å². The van der Waals surface area contributed by atoms with E-state index in [9.17, 15) is 4.79 Å². The van der Waals surface area contributed by atoms with Gasteiger partial charge in [0, 0.05) is 6.54 Å². The van der Waals surface area contributed by atoms with Gasteiger partial charge in [0.15, 0.2) is 0 Å². The fourth-order valence-electron chi connectivity index (χ4n) is 1.44. The van der Waals surface area contributed by atoms with Gasteiger partial charge in [0.2, 0.25) is 5.91 Å². The van der Waals surface area contributed by atoms with Crippen molar-refractivity contribution >= 4 is 5.91 Å². The predicted octanol–water partition coefficient (Wildman–Crippen LogP) is 1.28. The van der Waals surface area contributed by atoms with Crippen molar-refractivity contribution in [3.05, 3.63) is 0 Å². The van der Waals surface area contributed by atoms with Gasteiger partial charge in [-0.25, -0.2) is 0 Å². The lowest BCUT2D eigenvalue weighted by atomic mass is 10.0. The van der Waals surface area contributed by atoms with Gasteiger partial charge in [-0.15, -0.1) is 0 Å². The molecule has 0 aliphatic heterocycles. The molecule has 1 atom stereocenters. The zero-order chi connectivity index (χ0) is 10.8. The van der Waals surface area contributed by atoms with Crippen LogP contribution in [-0.2, 0) is 4.79 Å². The molecule has 0 aromatic rings. The third kappa shape index (κ3) is 3.66. The van der Waals surface area contributed by atoms with Gasteiger partial charge in [-0.2, -0.15) is 0 Å². The van der Waals surface area contributed by atoms with E-state index in [2.05, 4.69) is 26.1 Å². The second kappa shape index (κ2) is 4.30. The van der Waals surface area contributed by atoms with Gasteiger partial charge in [0.25, 0.3) is 0 Å². The third-order valence-electron chi connectivity index (χ3n) is 2.86. The maximum Gasteiger partial charge on any atom is 0.236 e. The van der Waals surface area contributed by atoms with Crippen LogP contribution in [0.25, 0.3) is 0 Å². The molecule has 0 aromatic heterocycles. The molecule has 0 heterocycles. The summed E-state index contributed by atoms with van der Waals surface area (Å²) in [5.74, 6) is 0.485. The van der Waals surface area contributed by atoms with E-state index in [0.29, 0.717) is 11.3 Å². The summed E-state index contributed by atoms with van der Waals surface area (Å²) < 4.78 is 0. The van der Waals surface area contributed by atoms with Crippen LogP contribution in [0.1, 0.15) is 40.0 Å². The summed E-state index contributed by atoms with van der Waals surface area (Å²) in [5.41, 5.74) is 6.12. The first-order valence-corrected chi connectivity index (χ1v) is 5.46. The molecule has 0 spiro atoms. The summed E-state index contributed by atoms with van der Waals surface area (Å²) in [7, 11) is 0. The summed E-state index contributed by atoms with van der Waals surface area (Å²) in [6, 6.07) is -0.336. The molecule has 3 nitrogen and oxygen atoms in total. The third-order valence-corrected chi connectivity index (χ3v) is 2.86. The Balaban J connectivity index is 2.20. The first kappa shape index (κ1) is 11.5. The van der Waals surface area contributed by atoms with Crippen LogP contribution in [0.2, 0.25) is 0 Å². The highest BCUT2D eigenvalue weighted by atomic mass is 16.2. The minimum atomic E-state index is -0.336. The van der Waals surface area contributed by atoms with Crippen molar-refractivity contribution < 1.29 is 4.79 Å². The molecule has 82 valence electrons. The van der Waals surface area contributed by atoms with Crippen molar-refractivity contribution in [2.75, 3.05) is 6.54 Å². The van der Waals surface area contributed by atoms with Gasteiger partial charge < -0.3 is 11.1 Å². The molecule has 1 rings (SSSR count). The van der Waals surface area contributed by atoms with Crippen molar-refractivity contribution in [3.8, 4) is 0 Å². The fraction of sp³-hybridized carbons (Fsp3) is 0.909. The molecule has 3 heteroatoms. The van der Waals surface area contributed by atoms with E-state index in [-0.39, 0.29) is 11.9 Å². The average Bonchev–Trinajstić information content (AvgIpc) is 2.79. The molecule has 0 saturated heterocycles. The van der Waals surface area contributed by atoms with E-state index in [1.807, 2.05) is 0 Å². The molecule has 0 radical (unpaired) electrons. The van der Waals surface area contributed by atoms with Crippen LogP contribution in [0.5, 0.6) is 0 Å². The SMILES string of the molecule is CC(C)C[C@H](N)C(=O)NCC1(C)CC1. The van der Waals surface area contributed by atoms with Crippen molar-refractivity contribution in [2.24, 2.45) is 17.1 Å². The van der Waals surface area contributed by atoms with Crippen LogP contribution in [0.4, 0.5) is 0 Å². The van der Waals surface area contributed by atoms with Crippen molar-refractivity contribution in [3.63, 3.8) is 0 Å². The molecule has 1 aliphatic rings. The Morgan fingerprint density at radius 1 is 1.50 bits per heavy atom. The zero-order valence-corrected chi connectivity index (χ0v) is 9.47. The zero-order valence-electron chi connectivity index (χ0n) is 9.47. The monoisotopic (exact) mass is 198 g/mol. The summed E-state index contributed by atoms with van der Waals surface area (Å²) in [5, 5.41) is 2.93. The lowest BCUT2D eigenvalue weighted by Crippen LogP contribution is -2.43. The van der Waals surface area contributed by atoms with E-state index in [0.717, 1.165) is 13.0 Å². The lowest BCUT2D eigenvalue weighted by Gasteiger charge is -2.16. The van der Waals surface area contributed by atoms with Crippen molar-refractivity contribution in [1.29, 1.82) is 0 Å². The van der Waals surface area contributed by atoms with Gasteiger partial charge in [-0.05, 0) is 30.6 Å². The average molecular weight is 198 g/mol. The number of hydrogen-bond donors (Lipinski definition) is 2. The number of hydrogen-bond acceptors (Lipinski definition) is 2. The Morgan fingerprint density at radius 2 is 2.07 bits per heavy atom. The Labute approximate surface area is 86.4 Å². The first-order valence-electron chi connectivity index (χ1n) is 5.46. The summed E-state index contributed by atoms with van der Waals surface area (Å²) in [6.07, 6.45) is 3.22. The molecule has 1 saturated carbocycles. The molecular formula is C11H22N2O. The largest absolute Gasteiger partial charge is 0.354 e. The van der Waals surface area contributed by atoms with Gasteiger partial charge in [0.1, 0.15) is 0 Å². The second-order valence-electron chi connectivity index (χ2n) is 5.26. The molecule has 1 fully saturated rings. The Morgan fingerprint density at radius 3 is 2.50 bits per heavy atom. The van der Waals surface area contributed by atoms with Crippen LogP contribution in [0, 0.1) is 11.3 Å². The number of nitrogens with two attached hydrogens (primary N) is 1. The second-order valence-corrected chi connectivity index (χ2v) is 5.26. The maximum absolute atomic E-state index is 11.5. The molecule has 0 unspecified atom stereocenters. The highest BCUT2D eigenvalue weighted by Gasteiger charge is 2.37. The van der Waals surface area contributed by atoms with Gasteiger partial charge in [-0.1, -0.05) is 20.8 Å². The van der Waals surface area contributed by atoms with Crippen LogP contribution >= 0.6 is 0 Å². The van der Waals surface area contributed by atoms with Crippen LogP contribution in [0.15, 0.2) is 0 Å². The normalized spacial score (nSPS) is 20.6. The highest BCUT2D eigenvalue weighted by Crippen LogP contribution is 2.43. The molecular weight excluding hydrogens is 176 g/mol. The maximum atomic E-state index is 11.5. The molecule has 0 bridgehead atoms. The number of carbonyl (C=O) groups is 1. The fourth-order valence-corrected chi connectivity index (χ4v) is 1.44. The number of carbonyl (C=O) groups excluding carboxylic acids is 1. The standard InChI is InChI=1S/C11H22N2O/c1-8(2)6-9(12)10(14)13-7-11(3)4-5-11/h8-9H,4-7,12H2,1-3H3,(H,13,14)/t9-/m0/s1. The predicted molar refractivity (Wildman–Crippen MR) is 57.8 cm³/mol. The van der Waals surface area contributed by atoms with Crippen molar-refractivity contribution in [1.82, 2.24) is 5.32 Å². The number of rotatable bonds is 5. The van der Waals surface area contributed by atoms with Crippen LogP contribution in [-0.4, -0.2) is 18.5 Å². The quantitative estimate of drug-likeness (QED) is 0.699. The highest BCUT2D eigenvalue weighted by molar-refractivity contribution is 5.81. The van der Waals surface area contributed by atoms with Gasteiger partial charge in [0.05, 0.1) is 6.04 Å². The summed E-state index contributed by atoms with van der Waals surface area (Å²) in [4.78, 5) is 11.5. The Bertz CT molecular complexity index is 209. The molecule has 14 heavy (non-hydrogen) atoms. The van der Waals surface area contributed by atoms with Crippen LogP contribution < -0.4 is 11.1 Å². The summed E-state index contributed by atoms with van der Waals surface area (Å²) >= 11 is 0. The molecule has 1 amide bonds. The first-order chi connectivity index (χ1) is 6.43. The smallest absolute Gasteiger partial charge is 0.236 e. The Kier molecular flexibility index (Phi) is 3.53. The van der Waals surface area contributed by atoms with E-state index in [1.165, 1.54) is 12.8 Å². The van der Waals surface area contributed by atoms with Gasteiger partial charge >= 0.3 is 0 Å². The van der Waals surface area contributed by atoms with Crippen LogP contribution in [0.3, 0.4) is 0 Å². The van der Waals surface area contributed by atoms with E-state index in [1.54, 1.807) is 0 Å². The number of amides is 1. The minimum Gasteiger partial charge on any atom is -0.354 e. The Hall–Kier alpha value is -0.570. The minimum absolute atomic E-state index is 0.00632. The topological polar surface area (TPSA) is 55.1 Å². The number of nitrogens with one attached hydrogen (secondary N) is 1. The van der Waals surface area contributed by atoms with E-state index < -0.39 is 0 Å². The molecule has 1 aliphatic carbocycles. The molecule has 3 N–H and O–H groups in total.